The molecule has 1 saturated heterocycles. The zero-order valence-corrected chi connectivity index (χ0v) is 12.3. The molecule has 1 saturated carbocycles. The summed E-state index contributed by atoms with van der Waals surface area (Å²) >= 11 is 0. The fraction of sp³-hybridized carbons (Fsp3) is 0.412. The topological polar surface area (TPSA) is 47.0 Å². The van der Waals surface area contributed by atoms with Gasteiger partial charge in [0.2, 0.25) is 5.95 Å². The van der Waals surface area contributed by atoms with Crippen molar-refractivity contribution in [1.82, 2.24) is 9.97 Å². The molecular weight excluding hydrogens is 281 g/mol. The molecule has 2 aromatic heterocycles. The van der Waals surface area contributed by atoms with E-state index in [1.54, 1.807) is 6.07 Å². The third kappa shape index (κ3) is 2.57. The number of halogens is 1. The molecule has 114 valence electrons. The molecule has 1 aliphatic carbocycles. The third-order valence-electron chi connectivity index (χ3n) is 4.77. The molecule has 3 heterocycles. The van der Waals surface area contributed by atoms with Crippen molar-refractivity contribution >= 4 is 5.82 Å². The summed E-state index contributed by atoms with van der Waals surface area (Å²) in [6.45, 7) is 1.73. The molecule has 2 aliphatic rings. The van der Waals surface area contributed by atoms with E-state index in [4.69, 9.17) is 4.74 Å². The van der Waals surface area contributed by atoms with Crippen LogP contribution in [0.15, 0.2) is 36.5 Å². The van der Waals surface area contributed by atoms with E-state index in [0.29, 0.717) is 11.5 Å². The molecule has 1 N–H and O–H groups in total. The summed E-state index contributed by atoms with van der Waals surface area (Å²) in [5.41, 5.74) is 1.90. The fourth-order valence-corrected chi connectivity index (χ4v) is 3.30. The molecular formula is C17H18FN3O. The molecule has 0 bridgehead atoms. The lowest BCUT2D eigenvalue weighted by molar-refractivity contribution is 0.0567. The quantitative estimate of drug-likeness (QED) is 0.884. The van der Waals surface area contributed by atoms with Gasteiger partial charge in [0.15, 0.2) is 0 Å². The van der Waals surface area contributed by atoms with Crippen LogP contribution in [-0.2, 0) is 4.74 Å². The first-order valence-electron chi connectivity index (χ1n) is 7.68. The van der Waals surface area contributed by atoms with Crippen LogP contribution in [0.5, 0.6) is 0 Å². The summed E-state index contributed by atoms with van der Waals surface area (Å²) in [7, 11) is 0. The monoisotopic (exact) mass is 299 g/mol. The first-order chi connectivity index (χ1) is 10.8. The number of anilines is 1. The van der Waals surface area contributed by atoms with E-state index in [2.05, 4.69) is 15.3 Å². The van der Waals surface area contributed by atoms with Gasteiger partial charge in [-0.25, -0.2) is 9.97 Å². The fourth-order valence-electron chi connectivity index (χ4n) is 3.30. The normalized spacial score (nSPS) is 22.5. The lowest BCUT2D eigenvalue weighted by Gasteiger charge is -2.23. The minimum absolute atomic E-state index is 0.401. The van der Waals surface area contributed by atoms with Crippen molar-refractivity contribution in [2.45, 2.75) is 25.3 Å². The summed E-state index contributed by atoms with van der Waals surface area (Å²) in [6.07, 6.45) is 4.90. The second-order valence-electron chi connectivity index (χ2n) is 6.15. The van der Waals surface area contributed by atoms with Crippen molar-refractivity contribution in [2.75, 3.05) is 18.5 Å². The summed E-state index contributed by atoms with van der Waals surface area (Å²) in [4.78, 5) is 8.19. The molecule has 5 heteroatoms. The van der Waals surface area contributed by atoms with Gasteiger partial charge in [-0.15, -0.1) is 0 Å². The van der Waals surface area contributed by atoms with Gasteiger partial charge in [-0.2, -0.15) is 4.39 Å². The number of ether oxygens (including phenoxy) is 1. The molecule has 1 spiro atoms. The van der Waals surface area contributed by atoms with Crippen LogP contribution in [0, 0.1) is 11.4 Å². The highest BCUT2D eigenvalue weighted by molar-refractivity contribution is 5.60. The maximum absolute atomic E-state index is 13.2. The van der Waals surface area contributed by atoms with Crippen LogP contribution < -0.4 is 5.32 Å². The van der Waals surface area contributed by atoms with Crippen molar-refractivity contribution in [3.05, 3.63) is 42.5 Å². The maximum atomic E-state index is 13.2. The Balaban J connectivity index is 1.51. The van der Waals surface area contributed by atoms with Crippen molar-refractivity contribution < 1.29 is 9.13 Å². The van der Waals surface area contributed by atoms with Gasteiger partial charge < -0.3 is 10.1 Å². The van der Waals surface area contributed by atoms with Crippen molar-refractivity contribution in [1.29, 1.82) is 0 Å². The van der Waals surface area contributed by atoms with Gasteiger partial charge >= 0.3 is 0 Å². The number of rotatable bonds is 3. The van der Waals surface area contributed by atoms with E-state index in [1.807, 2.05) is 18.2 Å². The van der Waals surface area contributed by atoms with Crippen LogP contribution in [0.3, 0.4) is 0 Å². The van der Waals surface area contributed by atoms with E-state index >= 15 is 0 Å². The zero-order valence-electron chi connectivity index (χ0n) is 12.3. The predicted octanol–water partition coefficient (Wildman–Crippen LogP) is 3.26. The number of hydrogen-bond donors (Lipinski definition) is 1. The largest absolute Gasteiger partial charge is 0.381 e. The van der Waals surface area contributed by atoms with Crippen LogP contribution in [0.4, 0.5) is 10.2 Å². The van der Waals surface area contributed by atoms with Crippen molar-refractivity contribution in [3.8, 4) is 11.3 Å². The van der Waals surface area contributed by atoms with Gasteiger partial charge in [-0.3, -0.25) is 0 Å². The van der Waals surface area contributed by atoms with E-state index in [0.717, 1.165) is 43.1 Å². The Morgan fingerprint density at radius 1 is 1.23 bits per heavy atom. The highest BCUT2D eigenvalue weighted by atomic mass is 19.1. The summed E-state index contributed by atoms with van der Waals surface area (Å²) in [5, 5.41) is 3.53. The predicted molar refractivity (Wildman–Crippen MR) is 81.9 cm³/mol. The second kappa shape index (κ2) is 5.32. The molecule has 0 amide bonds. The van der Waals surface area contributed by atoms with Crippen molar-refractivity contribution in [2.24, 2.45) is 5.41 Å². The Morgan fingerprint density at radius 2 is 2.09 bits per heavy atom. The van der Waals surface area contributed by atoms with Crippen LogP contribution in [0.2, 0.25) is 0 Å². The summed E-state index contributed by atoms with van der Waals surface area (Å²) in [5.74, 6) is 0.365. The molecule has 1 unspecified atom stereocenters. The van der Waals surface area contributed by atoms with E-state index < -0.39 is 5.95 Å². The SMILES string of the molecule is Fc1cc(-c2cccc(NC3CC34CCOCC4)n2)ccn1. The molecule has 1 aliphatic heterocycles. The highest BCUT2D eigenvalue weighted by Crippen LogP contribution is 2.54. The number of nitrogens with zero attached hydrogens (tertiary/aromatic N) is 2. The van der Waals surface area contributed by atoms with Crippen LogP contribution in [0.25, 0.3) is 11.3 Å². The molecule has 2 fully saturated rings. The van der Waals surface area contributed by atoms with Crippen LogP contribution in [0.1, 0.15) is 19.3 Å². The minimum atomic E-state index is -0.485. The van der Waals surface area contributed by atoms with Crippen LogP contribution in [-0.4, -0.2) is 29.2 Å². The standard InChI is InChI=1S/C17H18FN3O/c18-15-10-12(4-7-19-15)13-2-1-3-16(20-13)21-14-11-17(14)5-8-22-9-6-17/h1-4,7,10,14H,5-6,8-9,11H2,(H,20,21). The average molecular weight is 299 g/mol. The van der Waals surface area contributed by atoms with E-state index in [1.165, 1.54) is 18.7 Å². The molecule has 4 nitrogen and oxygen atoms in total. The summed E-state index contributed by atoms with van der Waals surface area (Å²) in [6, 6.07) is 9.45. The minimum Gasteiger partial charge on any atom is -0.381 e. The van der Waals surface area contributed by atoms with Gasteiger partial charge in [-0.05, 0) is 42.9 Å². The molecule has 1 atom stereocenters. The van der Waals surface area contributed by atoms with Gasteiger partial charge in [0.25, 0.3) is 0 Å². The maximum Gasteiger partial charge on any atom is 0.213 e. The number of pyridine rings is 2. The van der Waals surface area contributed by atoms with E-state index in [-0.39, 0.29) is 0 Å². The number of aromatic nitrogens is 2. The first-order valence-corrected chi connectivity index (χ1v) is 7.68. The Bertz CT molecular complexity index is 685. The smallest absolute Gasteiger partial charge is 0.213 e. The van der Waals surface area contributed by atoms with Crippen molar-refractivity contribution in [3.63, 3.8) is 0 Å². The Morgan fingerprint density at radius 3 is 2.91 bits per heavy atom. The first kappa shape index (κ1) is 13.6. The lowest BCUT2D eigenvalue weighted by atomic mass is 9.96. The average Bonchev–Trinajstić information content (AvgIpc) is 3.19. The highest BCUT2D eigenvalue weighted by Gasteiger charge is 2.54. The van der Waals surface area contributed by atoms with E-state index in [9.17, 15) is 4.39 Å². The number of hydrogen-bond acceptors (Lipinski definition) is 4. The Hall–Kier alpha value is -2.01. The molecule has 0 aromatic carbocycles. The molecule has 2 aromatic rings. The van der Waals surface area contributed by atoms with Crippen LogP contribution >= 0.6 is 0 Å². The second-order valence-corrected chi connectivity index (χ2v) is 6.15. The van der Waals surface area contributed by atoms with Gasteiger partial charge in [-0.1, -0.05) is 6.07 Å². The van der Waals surface area contributed by atoms with Gasteiger partial charge in [0.1, 0.15) is 5.82 Å². The Kier molecular flexibility index (Phi) is 3.30. The summed E-state index contributed by atoms with van der Waals surface area (Å²) < 4.78 is 18.7. The lowest BCUT2D eigenvalue weighted by Crippen LogP contribution is -2.23. The zero-order chi connectivity index (χ0) is 15.0. The number of nitrogens with one attached hydrogen (secondary N) is 1. The Labute approximate surface area is 128 Å². The van der Waals surface area contributed by atoms with Gasteiger partial charge in [0.05, 0.1) is 5.69 Å². The molecule has 0 radical (unpaired) electrons. The van der Waals surface area contributed by atoms with Gasteiger partial charge in [0, 0.05) is 37.1 Å². The molecule has 4 rings (SSSR count). The molecule has 22 heavy (non-hydrogen) atoms. The third-order valence-corrected chi connectivity index (χ3v) is 4.77.